The highest BCUT2D eigenvalue weighted by molar-refractivity contribution is 5.85. The Labute approximate surface area is 171 Å². The normalized spacial score (nSPS) is 12.3. The number of aliphatic hydroxyl groups is 2. The van der Waals surface area contributed by atoms with Crippen molar-refractivity contribution in [1.29, 1.82) is 0 Å². The summed E-state index contributed by atoms with van der Waals surface area (Å²) in [4.78, 5) is 5.45. The van der Waals surface area contributed by atoms with Gasteiger partial charge in [-0.1, -0.05) is 24.3 Å². The number of hydrogen-bond acceptors (Lipinski definition) is 5. The van der Waals surface area contributed by atoms with Crippen molar-refractivity contribution in [2.24, 2.45) is 0 Å². The standard InChI is InChI=1S/C23H29N3O3/c1-26(2)13-11-19-16-24-22-9-6-17(14-21(19)22)10-12-23(27,28)25-15-18-4-7-20(29-3)8-5-18/h4-10,12,14,16,24-25,27-28H,11,13,15H2,1-3H3/b12-10+. The number of methoxy groups -OCH3 is 1. The quantitative estimate of drug-likeness (QED) is 0.419. The molecule has 29 heavy (non-hydrogen) atoms. The number of aromatic nitrogens is 1. The van der Waals surface area contributed by atoms with Crippen LogP contribution in [0.3, 0.4) is 0 Å². The topological polar surface area (TPSA) is 80.7 Å². The molecular formula is C23H29N3O3. The van der Waals surface area contributed by atoms with Crippen LogP contribution < -0.4 is 10.1 Å². The molecule has 6 nitrogen and oxygen atoms in total. The van der Waals surface area contributed by atoms with E-state index in [4.69, 9.17) is 4.74 Å². The molecule has 0 amide bonds. The van der Waals surface area contributed by atoms with Gasteiger partial charge >= 0.3 is 0 Å². The number of aromatic amines is 1. The van der Waals surface area contributed by atoms with E-state index in [9.17, 15) is 10.2 Å². The lowest BCUT2D eigenvalue weighted by Crippen LogP contribution is -2.42. The van der Waals surface area contributed by atoms with Gasteiger partial charge in [0, 0.05) is 30.2 Å². The second kappa shape index (κ2) is 9.24. The van der Waals surface area contributed by atoms with Crippen LogP contribution in [-0.2, 0) is 13.0 Å². The average Bonchev–Trinajstić information content (AvgIpc) is 3.12. The number of likely N-dealkylation sites (N-methyl/N-ethyl adjacent to an activating group) is 1. The Morgan fingerprint density at radius 2 is 1.90 bits per heavy atom. The van der Waals surface area contributed by atoms with Gasteiger partial charge in [0.1, 0.15) is 5.75 Å². The molecule has 0 saturated carbocycles. The second-order valence-corrected chi connectivity index (χ2v) is 7.43. The van der Waals surface area contributed by atoms with E-state index in [-0.39, 0.29) is 0 Å². The molecule has 0 aliphatic heterocycles. The number of hydrogen-bond donors (Lipinski definition) is 4. The molecule has 0 radical (unpaired) electrons. The SMILES string of the molecule is COc1ccc(CNC(O)(O)/C=C/c2ccc3[nH]cc(CCN(C)C)c3c2)cc1. The summed E-state index contributed by atoms with van der Waals surface area (Å²) >= 11 is 0. The van der Waals surface area contributed by atoms with Crippen LogP contribution >= 0.6 is 0 Å². The first-order valence-electron chi connectivity index (χ1n) is 9.63. The molecule has 3 rings (SSSR count). The van der Waals surface area contributed by atoms with Crippen LogP contribution in [0.25, 0.3) is 17.0 Å². The summed E-state index contributed by atoms with van der Waals surface area (Å²) in [6.07, 6.45) is 6.06. The van der Waals surface area contributed by atoms with Gasteiger partial charge in [-0.25, -0.2) is 0 Å². The zero-order valence-electron chi connectivity index (χ0n) is 17.1. The Morgan fingerprint density at radius 1 is 1.14 bits per heavy atom. The first-order valence-corrected chi connectivity index (χ1v) is 9.63. The van der Waals surface area contributed by atoms with Gasteiger partial charge in [0.15, 0.2) is 0 Å². The number of fused-ring (bicyclic) bond motifs is 1. The van der Waals surface area contributed by atoms with Crippen LogP contribution in [-0.4, -0.2) is 53.8 Å². The number of rotatable bonds is 9. The van der Waals surface area contributed by atoms with Crippen molar-refractivity contribution in [3.8, 4) is 5.75 Å². The summed E-state index contributed by atoms with van der Waals surface area (Å²) in [6, 6.07) is 13.4. The smallest absolute Gasteiger partial charge is 0.244 e. The summed E-state index contributed by atoms with van der Waals surface area (Å²) < 4.78 is 5.13. The predicted molar refractivity (Wildman–Crippen MR) is 117 cm³/mol. The molecule has 154 valence electrons. The highest BCUT2D eigenvalue weighted by atomic mass is 16.5. The lowest BCUT2D eigenvalue weighted by molar-refractivity contribution is -0.144. The van der Waals surface area contributed by atoms with Crippen molar-refractivity contribution in [3.05, 3.63) is 71.4 Å². The molecule has 1 heterocycles. The van der Waals surface area contributed by atoms with E-state index in [2.05, 4.69) is 35.4 Å². The van der Waals surface area contributed by atoms with Crippen LogP contribution in [0.4, 0.5) is 0 Å². The lowest BCUT2D eigenvalue weighted by atomic mass is 10.1. The Bertz CT molecular complexity index is 959. The van der Waals surface area contributed by atoms with E-state index in [1.54, 1.807) is 13.2 Å². The van der Waals surface area contributed by atoms with Gasteiger partial charge in [-0.2, -0.15) is 0 Å². The Hall–Kier alpha value is -2.64. The van der Waals surface area contributed by atoms with Gasteiger partial charge < -0.3 is 24.8 Å². The second-order valence-electron chi connectivity index (χ2n) is 7.43. The molecule has 0 aliphatic carbocycles. The molecule has 0 unspecified atom stereocenters. The largest absolute Gasteiger partial charge is 0.497 e. The van der Waals surface area contributed by atoms with Gasteiger partial charge in [0.25, 0.3) is 0 Å². The van der Waals surface area contributed by atoms with Crippen LogP contribution in [0.2, 0.25) is 0 Å². The molecule has 3 aromatic rings. The van der Waals surface area contributed by atoms with Crippen LogP contribution in [0.5, 0.6) is 5.75 Å². The maximum atomic E-state index is 10.2. The third-order valence-electron chi connectivity index (χ3n) is 4.84. The van der Waals surface area contributed by atoms with Crippen molar-refractivity contribution >= 4 is 17.0 Å². The van der Waals surface area contributed by atoms with Crippen molar-refractivity contribution in [2.45, 2.75) is 18.9 Å². The number of nitrogens with zero attached hydrogens (tertiary/aromatic N) is 1. The molecule has 0 fully saturated rings. The fourth-order valence-electron chi connectivity index (χ4n) is 3.10. The Morgan fingerprint density at radius 3 is 2.59 bits per heavy atom. The zero-order valence-corrected chi connectivity index (χ0v) is 17.1. The van der Waals surface area contributed by atoms with Crippen LogP contribution in [0, 0.1) is 0 Å². The van der Waals surface area contributed by atoms with Crippen molar-refractivity contribution in [1.82, 2.24) is 15.2 Å². The minimum Gasteiger partial charge on any atom is -0.497 e. The molecular weight excluding hydrogens is 366 g/mol. The molecule has 4 N–H and O–H groups in total. The summed E-state index contributed by atoms with van der Waals surface area (Å²) in [5.41, 5.74) is 4.15. The molecule has 6 heteroatoms. The molecule has 1 aromatic heterocycles. The molecule has 2 aromatic carbocycles. The summed E-state index contributed by atoms with van der Waals surface area (Å²) in [5.74, 6) is -1.35. The van der Waals surface area contributed by atoms with Gasteiger partial charge in [-0.05, 0) is 67.5 Å². The highest BCUT2D eigenvalue weighted by Gasteiger charge is 2.17. The maximum Gasteiger partial charge on any atom is 0.244 e. The number of H-pyrrole nitrogens is 1. The van der Waals surface area contributed by atoms with Crippen LogP contribution in [0.1, 0.15) is 16.7 Å². The number of benzene rings is 2. The zero-order chi connectivity index (χ0) is 20.9. The van der Waals surface area contributed by atoms with Crippen LogP contribution in [0.15, 0.2) is 54.7 Å². The van der Waals surface area contributed by atoms with E-state index in [0.717, 1.165) is 40.7 Å². The summed E-state index contributed by atoms with van der Waals surface area (Å²) in [6.45, 7) is 1.28. The molecule has 0 bridgehead atoms. The molecule has 0 saturated heterocycles. The van der Waals surface area contributed by atoms with E-state index in [0.29, 0.717) is 6.54 Å². The van der Waals surface area contributed by atoms with E-state index in [1.807, 2.05) is 42.6 Å². The number of ether oxygens (including phenoxy) is 1. The van der Waals surface area contributed by atoms with Gasteiger partial charge in [0.2, 0.25) is 5.91 Å². The van der Waals surface area contributed by atoms with Gasteiger partial charge in [-0.15, -0.1) is 0 Å². The summed E-state index contributed by atoms with van der Waals surface area (Å²) in [5, 5.41) is 24.4. The lowest BCUT2D eigenvalue weighted by Gasteiger charge is -2.19. The maximum absolute atomic E-state index is 10.2. The van der Waals surface area contributed by atoms with E-state index >= 15 is 0 Å². The minimum absolute atomic E-state index is 0.312. The Balaban J connectivity index is 1.66. The first kappa shape index (κ1) is 21.1. The van der Waals surface area contributed by atoms with E-state index < -0.39 is 5.91 Å². The highest BCUT2D eigenvalue weighted by Crippen LogP contribution is 2.21. The van der Waals surface area contributed by atoms with Gasteiger partial charge in [-0.3, -0.25) is 5.32 Å². The molecule has 0 spiro atoms. The molecule has 0 atom stereocenters. The fraction of sp³-hybridized carbons (Fsp3) is 0.304. The van der Waals surface area contributed by atoms with Crippen molar-refractivity contribution < 1.29 is 14.9 Å². The van der Waals surface area contributed by atoms with Gasteiger partial charge in [0.05, 0.1) is 7.11 Å². The number of nitrogens with one attached hydrogen (secondary N) is 2. The predicted octanol–water partition coefficient (Wildman–Crippen LogP) is 2.72. The van der Waals surface area contributed by atoms with Crippen molar-refractivity contribution in [2.75, 3.05) is 27.7 Å². The molecule has 0 aliphatic rings. The third-order valence-corrected chi connectivity index (χ3v) is 4.84. The minimum atomic E-state index is -2.11. The van der Waals surface area contributed by atoms with E-state index in [1.165, 1.54) is 11.6 Å². The monoisotopic (exact) mass is 395 g/mol. The Kier molecular flexibility index (Phi) is 6.71. The summed E-state index contributed by atoms with van der Waals surface area (Å²) in [7, 11) is 5.73. The third kappa shape index (κ3) is 5.92. The van der Waals surface area contributed by atoms with Crippen molar-refractivity contribution in [3.63, 3.8) is 0 Å². The first-order chi connectivity index (χ1) is 13.9. The fourth-order valence-corrected chi connectivity index (χ4v) is 3.10. The average molecular weight is 396 g/mol.